The average Bonchev–Trinajstić information content (AvgIpc) is 2.34. The van der Waals surface area contributed by atoms with Gasteiger partial charge in [-0.2, -0.15) is 0 Å². The maximum absolute atomic E-state index is 6.17. The molecule has 1 aromatic heterocycles. The second-order valence-corrected chi connectivity index (χ2v) is 5.75. The molecule has 0 aliphatic carbocycles. The second kappa shape index (κ2) is 5.04. The van der Waals surface area contributed by atoms with E-state index in [-0.39, 0.29) is 6.17 Å². The van der Waals surface area contributed by atoms with Crippen molar-refractivity contribution in [2.75, 3.05) is 21.1 Å². The number of quaternary nitrogens is 1. The van der Waals surface area contributed by atoms with Crippen LogP contribution in [0.25, 0.3) is 10.9 Å². The lowest BCUT2D eigenvalue weighted by atomic mass is 10.1. The van der Waals surface area contributed by atoms with Crippen LogP contribution in [-0.4, -0.2) is 36.8 Å². The van der Waals surface area contributed by atoms with Crippen molar-refractivity contribution in [3.63, 3.8) is 0 Å². The molecule has 1 atom stereocenters. The fourth-order valence-corrected chi connectivity index (χ4v) is 1.98. The number of benzene rings is 1. The van der Waals surface area contributed by atoms with E-state index in [1.54, 1.807) is 0 Å². The number of nitrogens with two attached hydrogens (primary N) is 1. The fraction of sp³-hybridized carbons (Fsp3) is 0.400. The molecule has 1 heterocycles. The molecule has 2 rings (SSSR count). The first-order chi connectivity index (χ1) is 8.47. The van der Waals surface area contributed by atoms with Crippen LogP contribution in [0.3, 0.4) is 0 Å². The molecule has 1 aromatic carbocycles. The fourth-order valence-electron chi connectivity index (χ4n) is 1.98. The van der Waals surface area contributed by atoms with Crippen LogP contribution in [-0.2, 0) is 6.42 Å². The van der Waals surface area contributed by atoms with Crippen LogP contribution in [0.1, 0.15) is 12.0 Å². The van der Waals surface area contributed by atoms with Gasteiger partial charge in [-0.25, -0.2) is 0 Å². The van der Waals surface area contributed by atoms with Crippen LogP contribution < -0.4 is 5.73 Å². The molecule has 0 aliphatic heterocycles. The van der Waals surface area contributed by atoms with Crippen molar-refractivity contribution in [3.8, 4) is 0 Å². The molecule has 96 valence electrons. The second-order valence-electron chi connectivity index (χ2n) is 5.75. The highest BCUT2D eigenvalue weighted by Gasteiger charge is 2.18. The summed E-state index contributed by atoms with van der Waals surface area (Å²) in [6.45, 7) is 0. The van der Waals surface area contributed by atoms with Crippen molar-refractivity contribution in [2.24, 2.45) is 5.73 Å². The Bertz CT molecular complexity index is 528. The maximum atomic E-state index is 6.17. The van der Waals surface area contributed by atoms with E-state index in [2.05, 4.69) is 50.4 Å². The van der Waals surface area contributed by atoms with E-state index in [0.29, 0.717) is 0 Å². The Morgan fingerprint density at radius 1 is 1.22 bits per heavy atom. The Labute approximate surface area is 109 Å². The zero-order chi connectivity index (χ0) is 13.2. The average molecular weight is 244 g/mol. The highest BCUT2D eigenvalue weighted by Crippen LogP contribution is 2.15. The van der Waals surface area contributed by atoms with Crippen LogP contribution in [0.4, 0.5) is 0 Å². The quantitative estimate of drug-likeness (QED) is 0.661. The number of pyridine rings is 1. The molecule has 18 heavy (non-hydrogen) atoms. The molecular formula is C15H22N3+. The summed E-state index contributed by atoms with van der Waals surface area (Å²) in [5, 5.41) is 1.20. The topological polar surface area (TPSA) is 38.9 Å². The van der Waals surface area contributed by atoms with E-state index in [0.717, 1.165) is 22.8 Å². The summed E-state index contributed by atoms with van der Waals surface area (Å²) >= 11 is 0. The van der Waals surface area contributed by atoms with Gasteiger partial charge in [0.05, 0.1) is 26.7 Å². The zero-order valence-corrected chi connectivity index (χ0v) is 11.4. The first kappa shape index (κ1) is 13.0. The van der Waals surface area contributed by atoms with Crippen LogP contribution in [0, 0.1) is 0 Å². The van der Waals surface area contributed by atoms with Gasteiger partial charge in [-0.1, -0.05) is 12.1 Å². The summed E-state index contributed by atoms with van der Waals surface area (Å²) in [7, 11) is 6.40. The molecule has 0 unspecified atom stereocenters. The standard InChI is InChI=1S/C15H22N3/c1-18(2,3)15(16)9-7-12-6-8-14-13(11-12)5-4-10-17-14/h4-6,8,10-11,15H,7,9,16H2,1-3H3/q+1/t15-/m1/s1. The molecule has 3 nitrogen and oxygen atoms in total. The SMILES string of the molecule is C[N+](C)(C)[C@@H](N)CCc1ccc2ncccc2c1. The lowest BCUT2D eigenvalue weighted by Crippen LogP contribution is -2.50. The van der Waals surface area contributed by atoms with Crippen molar-refractivity contribution in [1.29, 1.82) is 0 Å². The highest BCUT2D eigenvalue weighted by molar-refractivity contribution is 5.78. The Hall–Kier alpha value is -1.45. The summed E-state index contributed by atoms with van der Waals surface area (Å²) in [5.74, 6) is 0. The predicted molar refractivity (Wildman–Crippen MR) is 76.1 cm³/mol. The monoisotopic (exact) mass is 244 g/mol. The third-order valence-electron chi connectivity index (χ3n) is 3.39. The Morgan fingerprint density at radius 2 is 2.00 bits per heavy atom. The van der Waals surface area contributed by atoms with Crippen molar-refractivity contribution < 1.29 is 4.48 Å². The third kappa shape index (κ3) is 3.06. The molecule has 0 radical (unpaired) electrons. The van der Waals surface area contributed by atoms with Gasteiger partial charge in [-0.05, 0) is 30.2 Å². The van der Waals surface area contributed by atoms with Crippen molar-refractivity contribution in [3.05, 3.63) is 42.1 Å². The van der Waals surface area contributed by atoms with Gasteiger partial charge in [0.1, 0.15) is 6.17 Å². The van der Waals surface area contributed by atoms with Crippen LogP contribution >= 0.6 is 0 Å². The van der Waals surface area contributed by atoms with Gasteiger partial charge in [0.2, 0.25) is 0 Å². The lowest BCUT2D eigenvalue weighted by Gasteiger charge is -2.31. The van der Waals surface area contributed by atoms with Gasteiger partial charge in [0.15, 0.2) is 0 Å². The minimum absolute atomic E-state index is 0.176. The molecule has 0 saturated carbocycles. The van der Waals surface area contributed by atoms with Crippen molar-refractivity contribution in [1.82, 2.24) is 4.98 Å². The molecule has 0 spiro atoms. The van der Waals surface area contributed by atoms with Crippen molar-refractivity contribution >= 4 is 10.9 Å². The van der Waals surface area contributed by atoms with Gasteiger partial charge >= 0.3 is 0 Å². The molecule has 0 bridgehead atoms. The zero-order valence-electron chi connectivity index (χ0n) is 11.4. The van der Waals surface area contributed by atoms with Gasteiger partial charge in [-0.15, -0.1) is 0 Å². The van der Waals surface area contributed by atoms with Crippen molar-refractivity contribution in [2.45, 2.75) is 19.0 Å². The smallest absolute Gasteiger partial charge is 0.140 e. The minimum Gasteiger partial charge on any atom is -0.316 e. The first-order valence-electron chi connectivity index (χ1n) is 6.37. The molecule has 0 amide bonds. The number of aryl methyl sites for hydroxylation is 1. The summed E-state index contributed by atoms with van der Waals surface area (Å²) in [6, 6.07) is 10.5. The number of hydrogen-bond acceptors (Lipinski definition) is 2. The molecule has 2 aromatic rings. The number of fused-ring (bicyclic) bond motifs is 1. The summed E-state index contributed by atoms with van der Waals surface area (Å²) in [4.78, 5) is 4.33. The maximum Gasteiger partial charge on any atom is 0.140 e. The molecule has 0 aliphatic rings. The number of nitrogens with zero attached hydrogens (tertiary/aromatic N) is 2. The van der Waals surface area contributed by atoms with Crippen LogP contribution in [0.2, 0.25) is 0 Å². The summed E-state index contributed by atoms with van der Waals surface area (Å²) in [6.07, 6.45) is 4.01. The van der Waals surface area contributed by atoms with Gasteiger partial charge in [-0.3, -0.25) is 10.7 Å². The van der Waals surface area contributed by atoms with E-state index in [1.165, 1.54) is 10.9 Å². The number of hydrogen-bond donors (Lipinski definition) is 1. The summed E-state index contributed by atoms with van der Waals surface area (Å²) in [5.41, 5.74) is 8.56. The molecule has 0 saturated heterocycles. The number of aromatic nitrogens is 1. The Balaban J connectivity index is 2.08. The first-order valence-corrected chi connectivity index (χ1v) is 6.37. The van der Waals surface area contributed by atoms with E-state index >= 15 is 0 Å². The van der Waals surface area contributed by atoms with E-state index < -0.39 is 0 Å². The molecule has 2 N–H and O–H groups in total. The normalized spacial score (nSPS) is 13.8. The van der Waals surface area contributed by atoms with Crippen LogP contribution in [0.5, 0.6) is 0 Å². The van der Waals surface area contributed by atoms with E-state index in [4.69, 9.17) is 5.73 Å². The lowest BCUT2D eigenvalue weighted by molar-refractivity contribution is -0.896. The highest BCUT2D eigenvalue weighted by atomic mass is 15.4. The third-order valence-corrected chi connectivity index (χ3v) is 3.39. The van der Waals surface area contributed by atoms with E-state index in [1.807, 2.05) is 12.3 Å². The summed E-state index contributed by atoms with van der Waals surface area (Å²) < 4.78 is 0.801. The Kier molecular flexibility index (Phi) is 3.64. The predicted octanol–water partition coefficient (Wildman–Crippen LogP) is 2.16. The molecule has 0 fully saturated rings. The molecular weight excluding hydrogens is 222 g/mol. The van der Waals surface area contributed by atoms with Gasteiger partial charge in [0.25, 0.3) is 0 Å². The Morgan fingerprint density at radius 3 is 2.72 bits per heavy atom. The van der Waals surface area contributed by atoms with E-state index in [9.17, 15) is 0 Å². The number of rotatable bonds is 4. The van der Waals surface area contributed by atoms with Gasteiger partial charge in [0, 0.05) is 18.0 Å². The van der Waals surface area contributed by atoms with Gasteiger partial charge < -0.3 is 4.48 Å². The minimum atomic E-state index is 0.176. The largest absolute Gasteiger partial charge is 0.316 e. The molecule has 3 heteroatoms. The van der Waals surface area contributed by atoms with Crippen LogP contribution in [0.15, 0.2) is 36.5 Å².